The Morgan fingerprint density at radius 2 is 0.543 bits per heavy atom. The molecule has 0 aromatic heterocycles. The summed E-state index contributed by atoms with van der Waals surface area (Å²) in [5, 5.41) is 10.7. The minimum absolute atomic E-state index is 1.15. The molecule has 0 bridgehead atoms. The molecule has 11 aromatic rings. The van der Waals surface area contributed by atoms with Gasteiger partial charge in [0, 0.05) is 34.1 Å². The summed E-state index contributed by atoms with van der Waals surface area (Å²) in [7, 11) is -4.02. The molecule has 2 aliphatic heterocycles. The first kappa shape index (κ1) is 42.1. The average Bonchev–Trinajstić information content (AvgIpc) is 3.41. The lowest BCUT2D eigenvalue weighted by molar-refractivity contribution is 1.29. The van der Waals surface area contributed by atoms with Crippen LogP contribution in [0.5, 0.6) is 0 Å². The smallest absolute Gasteiger partial charge is 0.117 e. The molecule has 2 nitrogen and oxygen atoms in total. The van der Waals surface area contributed by atoms with Gasteiger partial charge >= 0.3 is 0 Å². The Hall–Kier alpha value is -8.03. The van der Waals surface area contributed by atoms with E-state index in [1.54, 1.807) is 0 Å². The number of hydrogen-bond donors (Lipinski definition) is 0. The highest BCUT2D eigenvalue weighted by atomic mass is 28.3. The van der Waals surface area contributed by atoms with E-state index in [2.05, 4.69) is 279 Å². The Morgan fingerprint density at radius 1 is 0.257 bits per heavy atom. The third-order valence-corrected chi connectivity index (χ3v) is 22.5. The molecule has 0 N–H and O–H groups in total. The van der Waals surface area contributed by atoms with Crippen LogP contribution in [0, 0.1) is 0 Å². The van der Waals surface area contributed by atoms with Gasteiger partial charge in [0.15, 0.2) is 0 Å². The van der Waals surface area contributed by atoms with Crippen LogP contribution in [0.3, 0.4) is 0 Å². The van der Waals surface area contributed by atoms with Crippen molar-refractivity contribution < 1.29 is 0 Å². The lowest BCUT2D eigenvalue weighted by atomic mass is 9.82. The van der Waals surface area contributed by atoms with Crippen LogP contribution in [-0.2, 0) is 0 Å². The lowest BCUT2D eigenvalue weighted by Crippen LogP contribution is -2.58. The molecule has 0 fully saturated rings. The van der Waals surface area contributed by atoms with Crippen LogP contribution in [0.15, 0.2) is 243 Å². The van der Waals surface area contributed by atoms with Gasteiger partial charge in [0.2, 0.25) is 0 Å². The quantitative estimate of drug-likeness (QED) is 0.121. The zero-order valence-electron chi connectivity index (χ0n) is 40.0. The summed E-state index contributed by atoms with van der Waals surface area (Å²) in [6.45, 7) is 10.0. The zero-order valence-corrected chi connectivity index (χ0v) is 42.0. The van der Waals surface area contributed by atoms with Gasteiger partial charge in [-0.3, -0.25) is 0 Å². The third kappa shape index (κ3) is 6.44. The molecule has 0 atom stereocenters. The number of nitrogens with zero attached hydrogens (tertiary/aromatic N) is 2. The molecule has 0 amide bonds. The van der Waals surface area contributed by atoms with Crippen molar-refractivity contribution in [1.29, 1.82) is 0 Å². The van der Waals surface area contributed by atoms with Gasteiger partial charge in [-0.1, -0.05) is 220 Å². The predicted molar refractivity (Wildman–Crippen MR) is 306 cm³/mol. The first-order chi connectivity index (χ1) is 34.3. The fourth-order valence-electron chi connectivity index (χ4n) is 12.1. The summed E-state index contributed by atoms with van der Waals surface area (Å²) < 4.78 is 0. The maximum atomic E-state index is 2.54. The normalized spacial score (nSPS) is 14.2. The van der Waals surface area contributed by atoms with Gasteiger partial charge in [-0.15, -0.1) is 0 Å². The summed E-state index contributed by atoms with van der Waals surface area (Å²) in [6.07, 6.45) is 0. The lowest BCUT2D eigenvalue weighted by Gasteiger charge is -2.41. The van der Waals surface area contributed by atoms with E-state index in [9.17, 15) is 0 Å². The number of fused-ring (bicyclic) bond motifs is 6. The van der Waals surface area contributed by atoms with Crippen molar-refractivity contribution in [3.8, 4) is 44.5 Å². The molecule has 0 unspecified atom stereocenters. The molecule has 334 valence electrons. The van der Waals surface area contributed by atoms with Crippen molar-refractivity contribution in [2.75, 3.05) is 9.80 Å². The Labute approximate surface area is 413 Å². The Kier molecular flexibility index (Phi) is 9.81. The van der Waals surface area contributed by atoms with Gasteiger partial charge in [0.25, 0.3) is 0 Å². The van der Waals surface area contributed by atoms with Crippen LogP contribution in [0.25, 0.3) is 66.1 Å². The van der Waals surface area contributed by atoms with E-state index in [0.29, 0.717) is 0 Å². The molecule has 2 aliphatic rings. The second-order valence-electron chi connectivity index (χ2n) is 20.0. The molecule has 0 saturated carbocycles. The van der Waals surface area contributed by atoms with Crippen molar-refractivity contribution in [2.45, 2.75) is 26.2 Å². The summed E-state index contributed by atoms with van der Waals surface area (Å²) >= 11 is 0. The Balaban J connectivity index is 1.18. The van der Waals surface area contributed by atoms with Crippen molar-refractivity contribution in [1.82, 2.24) is 0 Å². The van der Waals surface area contributed by atoms with Crippen LogP contribution in [0.4, 0.5) is 34.1 Å². The number of anilines is 6. The maximum absolute atomic E-state index is 2.54. The second kappa shape index (κ2) is 16.3. The van der Waals surface area contributed by atoms with Gasteiger partial charge in [-0.2, -0.15) is 0 Å². The van der Waals surface area contributed by atoms with Crippen molar-refractivity contribution in [3.05, 3.63) is 243 Å². The molecule has 70 heavy (non-hydrogen) atoms. The summed E-state index contributed by atoms with van der Waals surface area (Å²) in [5.74, 6) is 0. The standard InChI is InChI=1S/C66H52N2Si2/c1-69(2)61-35-19-15-31-57(61)67(58-32-16-20-36-62(58)69)47-39-41-53-55(43-47)65(51-29-13-11-27-49(51)45-23-7-5-8-24-45)54-42-40-48(44-56(54)66(53)52-30-14-12-28-50(52)46-25-9-6-10-26-46)68-59-33-17-21-37-63(59)70(3,4)64-38-22-18-34-60(64)68/h5-44H,1-4H3. The van der Waals surface area contributed by atoms with Gasteiger partial charge < -0.3 is 9.80 Å². The van der Waals surface area contributed by atoms with E-state index in [1.807, 2.05) is 0 Å². The molecular formula is C66H52N2Si2. The molecule has 4 heteroatoms. The third-order valence-electron chi connectivity index (χ3n) is 15.4. The largest absolute Gasteiger partial charge is 0.311 e. The van der Waals surface area contributed by atoms with Gasteiger partial charge in [0.1, 0.15) is 16.1 Å². The number of rotatable bonds is 6. The molecule has 0 spiro atoms. The topological polar surface area (TPSA) is 6.48 Å². The van der Waals surface area contributed by atoms with Crippen LogP contribution in [0.2, 0.25) is 26.2 Å². The first-order valence-electron chi connectivity index (χ1n) is 24.6. The number of para-hydroxylation sites is 4. The SMILES string of the molecule is C[Si]1(C)c2ccccc2N(c2ccc3c(-c4ccccc4-c4ccccc4)c4cc(N5c6ccccc6[Si](C)(C)c6ccccc65)ccc4c(-c4ccccc4-c4ccccc4)c3c2)c2ccccc21. The molecule has 13 rings (SSSR count). The molecular weight excluding hydrogens is 877 g/mol. The molecule has 2 heterocycles. The van der Waals surface area contributed by atoms with Crippen LogP contribution >= 0.6 is 0 Å². The number of benzene rings is 11. The highest BCUT2D eigenvalue weighted by molar-refractivity contribution is 7.03. The van der Waals surface area contributed by atoms with E-state index in [0.717, 1.165) is 11.4 Å². The predicted octanol–water partition coefficient (Wildman–Crippen LogP) is 15.9. The highest BCUT2D eigenvalue weighted by Crippen LogP contribution is 2.51. The summed E-state index contributed by atoms with van der Waals surface area (Å²) in [4.78, 5) is 5.08. The first-order valence-corrected chi connectivity index (χ1v) is 30.6. The van der Waals surface area contributed by atoms with E-state index < -0.39 is 16.1 Å². The Morgan fingerprint density at radius 3 is 0.886 bits per heavy atom. The fraction of sp³-hybridized carbons (Fsp3) is 0.0606. The van der Waals surface area contributed by atoms with Gasteiger partial charge in [0.05, 0.1) is 0 Å². The Bertz CT molecular complexity index is 3500. The fourth-order valence-corrected chi connectivity index (χ4v) is 18.1. The summed E-state index contributed by atoms with van der Waals surface area (Å²) in [5.41, 5.74) is 17.1. The van der Waals surface area contributed by atoms with E-state index in [1.165, 1.54) is 110 Å². The van der Waals surface area contributed by atoms with E-state index >= 15 is 0 Å². The van der Waals surface area contributed by atoms with Crippen LogP contribution in [-0.4, -0.2) is 16.1 Å². The average molecular weight is 929 g/mol. The van der Waals surface area contributed by atoms with Crippen molar-refractivity contribution >= 4 is 92.6 Å². The maximum Gasteiger partial charge on any atom is 0.117 e. The highest BCUT2D eigenvalue weighted by Gasteiger charge is 2.40. The monoisotopic (exact) mass is 928 g/mol. The molecule has 0 saturated heterocycles. The summed E-state index contributed by atoms with van der Waals surface area (Å²) in [6, 6.07) is 91.2. The van der Waals surface area contributed by atoms with Gasteiger partial charge in [-0.05, 0) is 135 Å². The van der Waals surface area contributed by atoms with Crippen molar-refractivity contribution in [3.63, 3.8) is 0 Å². The minimum atomic E-state index is -2.01. The van der Waals surface area contributed by atoms with E-state index in [4.69, 9.17) is 0 Å². The zero-order chi connectivity index (χ0) is 47.1. The van der Waals surface area contributed by atoms with Crippen molar-refractivity contribution in [2.24, 2.45) is 0 Å². The van der Waals surface area contributed by atoms with E-state index in [-0.39, 0.29) is 0 Å². The minimum Gasteiger partial charge on any atom is -0.311 e. The molecule has 0 radical (unpaired) electrons. The molecule has 11 aromatic carbocycles. The van der Waals surface area contributed by atoms with Crippen LogP contribution in [0.1, 0.15) is 0 Å². The number of hydrogen-bond acceptors (Lipinski definition) is 2. The van der Waals surface area contributed by atoms with Crippen LogP contribution < -0.4 is 30.5 Å². The second-order valence-corrected chi connectivity index (χ2v) is 28.7. The molecule has 0 aliphatic carbocycles. The van der Waals surface area contributed by atoms with Gasteiger partial charge in [-0.25, -0.2) is 0 Å².